The Labute approximate surface area is 154 Å². The van der Waals surface area contributed by atoms with Gasteiger partial charge in [0.1, 0.15) is 5.82 Å². The molecule has 0 bridgehead atoms. The Hall–Kier alpha value is -3.48. The van der Waals surface area contributed by atoms with Crippen molar-refractivity contribution in [3.63, 3.8) is 0 Å². The van der Waals surface area contributed by atoms with Gasteiger partial charge in [0, 0.05) is 23.5 Å². The van der Waals surface area contributed by atoms with Gasteiger partial charge in [0.15, 0.2) is 6.10 Å². The summed E-state index contributed by atoms with van der Waals surface area (Å²) in [6.07, 6.45) is -1.06. The minimum absolute atomic E-state index is 0.0903. The molecule has 7 heteroatoms. The normalized spacial score (nSPS) is 11.8. The van der Waals surface area contributed by atoms with Gasteiger partial charge in [-0.25, -0.2) is 9.18 Å². The highest BCUT2D eigenvalue weighted by atomic mass is 19.1. The number of rotatable bonds is 5. The molecule has 138 valence electrons. The Morgan fingerprint density at radius 1 is 1.15 bits per heavy atom. The number of fused-ring (bicyclic) bond motifs is 1. The molecule has 0 aliphatic carbocycles. The Bertz CT molecular complexity index is 1040. The molecule has 0 spiro atoms. The van der Waals surface area contributed by atoms with Gasteiger partial charge in [-0.05, 0) is 30.7 Å². The van der Waals surface area contributed by atoms with E-state index in [1.807, 2.05) is 0 Å². The van der Waals surface area contributed by atoms with Crippen molar-refractivity contribution < 1.29 is 18.7 Å². The Kier molecular flexibility index (Phi) is 5.30. The lowest BCUT2D eigenvalue weighted by atomic mass is 10.1. The van der Waals surface area contributed by atoms with E-state index < -0.39 is 23.5 Å². The van der Waals surface area contributed by atoms with Gasteiger partial charge in [0.2, 0.25) is 5.56 Å². The first-order valence-corrected chi connectivity index (χ1v) is 8.29. The third-order valence-corrected chi connectivity index (χ3v) is 4.00. The fourth-order valence-corrected chi connectivity index (χ4v) is 2.59. The van der Waals surface area contributed by atoms with Crippen molar-refractivity contribution in [3.05, 3.63) is 81.9 Å². The Morgan fingerprint density at radius 2 is 1.85 bits per heavy atom. The molecule has 1 aromatic heterocycles. The van der Waals surface area contributed by atoms with E-state index >= 15 is 0 Å². The fourth-order valence-electron chi connectivity index (χ4n) is 2.59. The summed E-state index contributed by atoms with van der Waals surface area (Å²) in [7, 11) is 0. The fraction of sp³-hybridized carbons (Fsp3) is 0.150. The SMILES string of the molecule is CC(OC(=O)c1cc(=O)[nH]c2ccccc12)C(=O)NCc1ccc(F)cc1. The number of benzene rings is 2. The van der Waals surface area contributed by atoms with Crippen LogP contribution in [-0.2, 0) is 16.1 Å². The van der Waals surface area contributed by atoms with Crippen molar-refractivity contribution >= 4 is 22.8 Å². The summed E-state index contributed by atoms with van der Waals surface area (Å²) in [5, 5.41) is 3.15. The van der Waals surface area contributed by atoms with E-state index in [0.717, 1.165) is 6.07 Å². The molecule has 6 nitrogen and oxygen atoms in total. The van der Waals surface area contributed by atoms with Crippen molar-refractivity contribution in [2.24, 2.45) is 0 Å². The molecule has 0 fully saturated rings. The highest BCUT2D eigenvalue weighted by Gasteiger charge is 2.20. The average molecular weight is 368 g/mol. The Balaban J connectivity index is 1.67. The van der Waals surface area contributed by atoms with E-state index in [0.29, 0.717) is 16.5 Å². The van der Waals surface area contributed by atoms with Crippen LogP contribution in [0.25, 0.3) is 10.9 Å². The molecule has 3 aromatic rings. The van der Waals surface area contributed by atoms with Gasteiger partial charge in [0.25, 0.3) is 5.91 Å². The number of carbonyl (C=O) groups excluding carboxylic acids is 2. The molecular formula is C20H17FN2O4. The molecule has 27 heavy (non-hydrogen) atoms. The van der Waals surface area contributed by atoms with E-state index in [2.05, 4.69) is 10.3 Å². The lowest BCUT2D eigenvalue weighted by Crippen LogP contribution is -2.35. The van der Waals surface area contributed by atoms with Crippen LogP contribution in [0.3, 0.4) is 0 Å². The maximum atomic E-state index is 12.9. The van der Waals surface area contributed by atoms with Crippen molar-refractivity contribution in [1.82, 2.24) is 10.3 Å². The first-order valence-electron chi connectivity index (χ1n) is 8.29. The van der Waals surface area contributed by atoms with Crippen molar-refractivity contribution in [3.8, 4) is 0 Å². The topological polar surface area (TPSA) is 88.3 Å². The number of carbonyl (C=O) groups is 2. The van der Waals surface area contributed by atoms with E-state index in [1.165, 1.54) is 19.1 Å². The van der Waals surface area contributed by atoms with Crippen LogP contribution in [0.5, 0.6) is 0 Å². The maximum absolute atomic E-state index is 12.9. The number of amides is 1. The zero-order chi connectivity index (χ0) is 19.4. The largest absolute Gasteiger partial charge is 0.449 e. The summed E-state index contributed by atoms with van der Waals surface area (Å²) in [6.45, 7) is 1.61. The van der Waals surface area contributed by atoms with Crippen LogP contribution in [0, 0.1) is 5.82 Å². The zero-order valence-electron chi connectivity index (χ0n) is 14.5. The number of hydrogen-bond acceptors (Lipinski definition) is 4. The van der Waals surface area contributed by atoms with Crippen LogP contribution >= 0.6 is 0 Å². The highest BCUT2D eigenvalue weighted by Crippen LogP contribution is 2.16. The summed E-state index contributed by atoms with van der Waals surface area (Å²) < 4.78 is 18.1. The van der Waals surface area contributed by atoms with Crippen LogP contribution in [-0.4, -0.2) is 23.0 Å². The molecule has 1 unspecified atom stereocenters. The second-order valence-corrected chi connectivity index (χ2v) is 5.98. The number of nitrogens with one attached hydrogen (secondary N) is 2. The molecule has 1 atom stereocenters. The van der Waals surface area contributed by atoms with Crippen LogP contribution in [0.2, 0.25) is 0 Å². The molecular weight excluding hydrogens is 351 g/mol. The minimum atomic E-state index is -1.06. The molecule has 0 aliphatic rings. The molecule has 3 rings (SSSR count). The van der Waals surface area contributed by atoms with E-state index in [1.54, 1.807) is 36.4 Å². The second-order valence-electron chi connectivity index (χ2n) is 5.98. The monoisotopic (exact) mass is 368 g/mol. The summed E-state index contributed by atoms with van der Waals surface area (Å²) in [5.41, 5.74) is 0.871. The number of halogens is 1. The van der Waals surface area contributed by atoms with Gasteiger partial charge < -0.3 is 15.0 Å². The summed E-state index contributed by atoms with van der Waals surface area (Å²) in [4.78, 5) is 39.0. The van der Waals surface area contributed by atoms with Gasteiger partial charge in [-0.1, -0.05) is 30.3 Å². The minimum Gasteiger partial charge on any atom is -0.449 e. The summed E-state index contributed by atoms with van der Waals surface area (Å²) in [5.74, 6) is -1.62. The third-order valence-electron chi connectivity index (χ3n) is 4.00. The predicted octanol–water partition coefficient (Wildman–Crippen LogP) is 2.53. The molecule has 1 heterocycles. The smallest absolute Gasteiger partial charge is 0.339 e. The summed E-state index contributed by atoms with van der Waals surface area (Å²) >= 11 is 0. The molecule has 0 saturated heterocycles. The Morgan fingerprint density at radius 3 is 2.59 bits per heavy atom. The maximum Gasteiger partial charge on any atom is 0.339 e. The van der Waals surface area contributed by atoms with E-state index in [4.69, 9.17) is 4.74 Å². The molecule has 0 radical (unpaired) electrons. The third kappa shape index (κ3) is 4.38. The van der Waals surface area contributed by atoms with Crippen LogP contribution in [0.4, 0.5) is 4.39 Å². The molecule has 2 aromatic carbocycles. The number of H-pyrrole nitrogens is 1. The van der Waals surface area contributed by atoms with E-state index in [-0.39, 0.29) is 17.9 Å². The molecule has 1 amide bonds. The molecule has 0 aliphatic heterocycles. The number of aromatic amines is 1. The quantitative estimate of drug-likeness (QED) is 0.678. The van der Waals surface area contributed by atoms with Gasteiger partial charge in [-0.2, -0.15) is 0 Å². The van der Waals surface area contributed by atoms with Gasteiger partial charge in [-0.15, -0.1) is 0 Å². The second kappa shape index (κ2) is 7.82. The number of aromatic nitrogens is 1. The molecule has 0 saturated carbocycles. The zero-order valence-corrected chi connectivity index (χ0v) is 14.5. The van der Waals surface area contributed by atoms with Gasteiger partial charge in [0.05, 0.1) is 5.56 Å². The van der Waals surface area contributed by atoms with Crippen LogP contribution in [0.1, 0.15) is 22.8 Å². The number of esters is 1. The van der Waals surface area contributed by atoms with Crippen LogP contribution < -0.4 is 10.9 Å². The highest BCUT2D eigenvalue weighted by molar-refractivity contribution is 6.03. The lowest BCUT2D eigenvalue weighted by Gasteiger charge is -2.14. The van der Waals surface area contributed by atoms with E-state index in [9.17, 15) is 18.8 Å². The van der Waals surface area contributed by atoms with Crippen molar-refractivity contribution in [1.29, 1.82) is 0 Å². The van der Waals surface area contributed by atoms with Crippen LogP contribution in [0.15, 0.2) is 59.4 Å². The lowest BCUT2D eigenvalue weighted by molar-refractivity contribution is -0.129. The van der Waals surface area contributed by atoms with Crippen molar-refractivity contribution in [2.75, 3.05) is 0 Å². The standard InChI is InChI=1S/C20H17FN2O4/c1-12(19(25)22-11-13-6-8-14(21)9-7-13)27-20(26)16-10-18(24)23-17-5-3-2-4-15(16)17/h2-10,12H,11H2,1H3,(H,22,25)(H,23,24). The van der Waals surface area contributed by atoms with Crippen molar-refractivity contribution in [2.45, 2.75) is 19.6 Å². The van der Waals surface area contributed by atoms with Gasteiger partial charge in [-0.3, -0.25) is 9.59 Å². The first kappa shape index (κ1) is 18.3. The first-order chi connectivity index (χ1) is 12.9. The number of ether oxygens (including phenoxy) is 1. The number of pyridine rings is 1. The number of para-hydroxylation sites is 1. The van der Waals surface area contributed by atoms with Gasteiger partial charge >= 0.3 is 5.97 Å². The number of hydrogen-bond donors (Lipinski definition) is 2. The molecule has 2 N–H and O–H groups in total. The summed E-state index contributed by atoms with van der Waals surface area (Å²) in [6, 6.07) is 13.7. The average Bonchev–Trinajstić information content (AvgIpc) is 2.66. The predicted molar refractivity (Wildman–Crippen MR) is 97.7 cm³/mol.